The van der Waals surface area contributed by atoms with Gasteiger partial charge in [-0.2, -0.15) is 0 Å². The minimum absolute atomic E-state index is 0.175. The molecular formula is C15H18N4O. The van der Waals surface area contributed by atoms with Gasteiger partial charge < -0.3 is 10.2 Å². The molecule has 0 spiro atoms. The van der Waals surface area contributed by atoms with Crippen molar-refractivity contribution in [1.29, 1.82) is 0 Å². The summed E-state index contributed by atoms with van der Waals surface area (Å²) in [6, 6.07) is 11.2. The molecule has 2 rings (SSSR count). The second kappa shape index (κ2) is 6.14. The molecule has 0 atom stereocenters. The Kier molecular flexibility index (Phi) is 4.30. The fraction of sp³-hybridized carbons (Fsp3) is 0.267. The summed E-state index contributed by atoms with van der Waals surface area (Å²) in [4.78, 5) is 13.9. The fourth-order valence-corrected chi connectivity index (χ4v) is 1.85. The van der Waals surface area contributed by atoms with E-state index in [2.05, 4.69) is 15.5 Å². The van der Waals surface area contributed by atoms with E-state index < -0.39 is 0 Å². The zero-order valence-corrected chi connectivity index (χ0v) is 11.9. The van der Waals surface area contributed by atoms with Crippen molar-refractivity contribution in [2.24, 2.45) is 0 Å². The molecule has 0 saturated carbocycles. The van der Waals surface area contributed by atoms with Gasteiger partial charge in [0, 0.05) is 19.3 Å². The first-order chi connectivity index (χ1) is 9.61. The summed E-state index contributed by atoms with van der Waals surface area (Å²) >= 11 is 0. The van der Waals surface area contributed by atoms with Crippen LogP contribution in [0.1, 0.15) is 23.0 Å². The number of hydrogen-bond acceptors (Lipinski definition) is 4. The molecule has 0 saturated heterocycles. The number of hydrogen-bond donors (Lipinski definition) is 1. The van der Waals surface area contributed by atoms with Gasteiger partial charge >= 0.3 is 0 Å². The third-order valence-electron chi connectivity index (χ3n) is 2.94. The van der Waals surface area contributed by atoms with Crippen LogP contribution < -0.4 is 10.2 Å². The van der Waals surface area contributed by atoms with Crippen molar-refractivity contribution in [1.82, 2.24) is 10.2 Å². The number of benzene rings is 1. The van der Waals surface area contributed by atoms with Crippen molar-refractivity contribution in [2.75, 3.05) is 23.8 Å². The monoisotopic (exact) mass is 270 g/mol. The number of nitrogens with one attached hydrogen (secondary N) is 1. The van der Waals surface area contributed by atoms with Gasteiger partial charge in [-0.25, -0.2) is 0 Å². The minimum Gasteiger partial charge on any atom is -0.369 e. The van der Waals surface area contributed by atoms with Crippen molar-refractivity contribution >= 4 is 17.4 Å². The highest BCUT2D eigenvalue weighted by Crippen LogP contribution is 2.16. The lowest BCUT2D eigenvalue weighted by Gasteiger charge is -2.17. The molecule has 0 aliphatic heterocycles. The molecule has 0 unspecified atom stereocenters. The molecule has 1 amide bonds. The summed E-state index contributed by atoms with van der Waals surface area (Å²) in [7, 11) is 1.73. The smallest absolute Gasteiger partial charge is 0.278 e. The molecule has 0 radical (unpaired) electrons. The number of carbonyl (C=O) groups excluding carboxylic acids is 1. The van der Waals surface area contributed by atoms with Crippen LogP contribution in [0.4, 0.5) is 11.5 Å². The van der Waals surface area contributed by atoms with Crippen LogP contribution >= 0.6 is 0 Å². The zero-order valence-electron chi connectivity index (χ0n) is 11.9. The predicted octanol–water partition coefficient (Wildman–Crippen LogP) is 2.49. The highest BCUT2D eigenvalue weighted by Gasteiger charge is 2.15. The maximum Gasteiger partial charge on any atom is 0.278 e. The Morgan fingerprint density at radius 1 is 1.25 bits per heavy atom. The first-order valence-corrected chi connectivity index (χ1v) is 6.54. The highest BCUT2D eigenvalue weighted by molar-refractivity contribution is 6.04. The largest absolute Gasteiger partial charge is 0.369 e. The van der Waals surface area contributed by atoms with Crippen molar-refractivity contribution in [3.8, 4) is 0 Å². The van der Waals surface area contributed by atoms with Gasteiger partial charge in [-0.15, -0.1) is 10.2 Å². The van der Waals surface area contributed by atoms with Crippen LogP contribution in [-0.2, 0) is 0 Å². The Labute approximate surface area is 118 Å². The van der Waals surface area contributed by atoms with Gasteiger partial charge in [0.15, 0.2) is 5.69 Å². The second-order valence-electron chi connectivity index (χ2n) is 4.54. The van der Waals surface area contributed by atoms with E-state index in [4.69, 9.17) is 0 Å². The van der Waals surface area contributed by atoms with Crippen LogP contribution in [0.3, 0.4) is 0 Å². The van der Waals surface area contributed by atoms with E-state index in [1.807, 2.05) is 38.1 Å². The van der Waals surface area contributed by atoms with Gasteiger partial charge in [0.2, 0.25) is 0 Å². The number of nitrogens with zero attached hydrogens (tertiary/aromatic N) is 3. The standard InChI is InChI=1S/C15H18N4O/c1-4-16-14-9-8-13(17-18-14)15(20)19(3)12-7-5-6-11(2)10-12/h5-10H,4H2,1-3H3,(H,16,18). The topological polar surface area (TPSA) is 58.1 Å². The average Bonchev–Trinajstić information content (AvgIpc) is 2.47. The van der Waals surface area contributed by atoms with E-state index in [9.17, 15) is 4.79 Å². The zero-order chi connectivity index (χ0) is 14.5. The minimum atomic E-state index is -0.175. The van der Waals surface area contributed by atoms with E-state index in [1.165, 1.54) is 0 Å². The lowest BCUT2D eigenvalue weighted by atomic mass is 10.2. The molecular weight excluding hydrogens is 252 g/mol. The van der Waals surface area contributed by atoms with Gasteiger partial charge in [0.1, 0.15) is 5.82 Å². The molecule has 5 nitrogen and oxygen atoms in total. The molecule has 0 aliphatic rings. The van der Waals surface area contributed by atoms with E-state index in [-0.39, 0.29) is 5.91 Å². The summed E-state index contributed by atoms with van der Waals surface area (Å²) in [5.41, 5.74) is 2.28. The predicted molar refractivity (Wildman–Crippen MR) is 80.1 cm³/mol. The molecule has 20 heavy (non-hydrogen) atoms. The maximum absolute atomic E-state index is 12.3. The number of aryl methyl sites for hydroxylation is 1. The van der Waals surface area contributed by atoms with Gasteiger partial charge in [0.05, 0.1) is 0 Å². The Morgan fingerprint density at radius 2 is 2.05 bits per heavy atom. The molecule has 0 fully saturated rings. The van der Waals surface area contributed by atoms with Crippen LogP contribution in [0.25, 0.3) is 0 Å². The first kappa shape index (κ1) is 14.0. The van der Waals surface area contributed by atoms with Gasteiger partial charge in [-0.05, 0) is 43.7 Å². The molecule has 2 aromatic rings. The van der Waals surface area contributed by atoms with Crippen molar-refractivity contribution in [3.63, 3.8) is 0 Å². The van der Waals surface area contributed by atoms with Crippen LogP contribution in [-0.4, -0.2) is 29.7 Å². The van der Waals surface area contributed by atoms with Crippen molar-refractivity contribution in [2.45, 2.75) is 13.8 Å². The van der Waals surface area contributed by atoms with Crippen LogP contribution in [0.2, 0.25) is 0 Å². The number of aromatic nitrogens is 2. The summed E-state index contributed by atoms with van der Waals surface area (Å²) in [5, 5.41) is 11.0. The third kappa shape index (κ3) is 3.12. The summed E-state index contributed by atoms with van der Waals surface area (Å²) < 4.78 is 0. The molecule has 0 bridgehead atoms. The highest BCUT2D eigenvalue weighted by atomic mass is 16.2. The Balaban J connectivity index is 2.18. The molecule has 5 heteroatoms. The van der Waals surface area contributed by atoms with Crippen molar-refractivity contribution < 1.29 is 4.79 Å². The average molecular weight is 270 g/mol. The van der Waals surface area contributed by atoms with E-state index in [1.54, 1.807) is 24.1 Å². The normalized spacial score (nSPS) is 10.2. The lowest BCUT2D eigenvalue weighted by molar-refractivity contribution is 0.0987. The first-order valence-electron chi connectivity index (χ1n) is 6.54. The molecule has 104 valence electrons. The number of amides is 1. The van der Waals surface area contributed by atoms with Crippen LogP contribution in [0.15, 0.2) is 36.4 Å². The Morgan fingerprint density at radius 3 is 2.65 bits per heavy atom. The molecule has 1 N–H and O–H groups in total. The SMILES string of the molecule is CCNc1ccc(C(=O)N(C)c2cccc(C)c2)nn1. The number of anilines is 2. The van der Waals surface area contributed by atoms with E-state index in [0.717, 1.165) is 17.8 Å². The lowest BCUT2D eigenvalue weighted by Crippen LogP contribution is -2.27. The number of rotatable bonds is 4. The molecule has 0 aliphatic carbocycles. The van der Waals surface area contributed by atoms with Gasteiger partial charge in [-0.1, -0.05) is 12.1 Å². The van der Waals surface area contributed by atoms with Crippen LogP contribution in [0, 0.1) is 6.92 Å². The van der Waals surface area contributed by atoms with E-state index in [0.29, 0.717) is 11.5 Å². The molecule has 1 heterocycles. The second-order valence-corrected chi connectivity index (χ2v) is 4.54. The molecule has 1 aromatic carbocycles. The Hall–Kier alpha value is -2.43. The molecule has 1 aromatic heterocycles. The quantitative estimate of drug-likeness (QED) is 0.927. The van der Waals surface area contributed by atoms with Crippen LogP contribution in [0.5, 0.6) is 0 Å². The fourth-order valence-electron chi connectivity index (χ4n) is 1.85. The number of carbonyl (C=O) groups is 1. The van der Waals surface area contributed by atoms with Gasteiger partial charge in [0.25, 0.3) is 5.91 Å². The summed E-state index contributed by atoms with van der Waals surface area (Å²) in [6.07, 6.45) is 0. The summed E-state index contributed by atoms with van der Waals surface area (Å²) in [5.74, 6) is 0.494. The van der Waals surface area contributed by atoms with E-state index >= 15 is 0 Å². The van der Waals surface area contributed by atoms with Gasteiger partial charge in [-0.3, -0.25) is 4.79 Å². The summed E-state index contributed by atoms with van der Waals surface area (Å²) in [6.45, 7) is 4.74. The Bertz CT molecular complexity index is 595. The maximum atomic E-state index is 12.3. The van der Waals surface area contributed by atoms with Crippen molar-refractivity contribution in [3.05, 3.63) is 47.7 Å². The third-order valence-corrected chi connectivity index (χ3v) is 2.94.